The first kappa shape index (κ1) is 16.6. The second-order valence-electron chi connectivity index (χ2n) is 5.94. The van der Waals surface area contributed by atoms with Gasteiger partial charge in [0.05, 0.1) is 5.75 Å². The van der Waals surface area contributed by atoms with Crippen molar-refractivity contribution in [3.05, 3.63) is 65.9 Å². The topological polar surface area (TPSA) is 74.4 Å². The van der Waals surface area contributed by atoms with Gasteiger partial charge in [-0.25, -0.2) is 4.98 Å². The van der Waals surface area contributed by atoms with Gasteiger partial charge in [0.25, 0.3) is 0 Å². The Bertz CT molecular complexity index is 1050. The molecule has 0 saturated heterocycles. The van der Waals surface area contributed by atoms with E-state index in [1.807, 2.05) is 42.5 Å². The van der Waals surface area contributed by atoms with Crippen LogP contribution in [0, 0.1) is 0 Å². The highest BCUT2D eigenvalue weighted by Crippen LogP contribution is 2.25. The summed E-state index contributed by atoms with van der Waals surface area (Å²) < 4.78 is 0. The van der Waals surface area contributed by atoms with Crippen LogP contribution in [0.15, 0.2) is 59.9 Å². The van der Waals surface area contributed by atoms with Crippen LogP contribution in [0.4, 0.5) is 0 Å². The lowest BCUT2D eigenvalue weighted by atomic mass is 10.1. The highest BCUT2D eigenvalue weighted by atomic mass is 32.2. The summed E-state index contributed by atoms with van der Waals surface area (Å²) >= 11 is 1.34. The van der Waals surface area contributed by atoms with Crippen LogP contribution in [0.2, 0.25) is 0 Å². The number of H-pyrrole nitrogens is 2. The number of ketones is 1. The Morgan fingerprint density at radius 3 is 2.77 bits per heavy atom. The number of benzene rings is 2. The average Bonchev–Trinajstić information content (AvgIpc) is 3.34. The Labute approximate surface area is 155 Å². The number of thioether (sulfide) groups is 1. The molecule has 5 nitrogen and oxygen atoms in total. The molecule has 0 atom stereocenters. The van der Waals surface area contributed by atoms with Crippen LogP contribution >= 0.6 is 11.8 Å². The second kappa shape index (κ2) is 7.17. The van der Waals surface area contributed by atoms with E-state index in [1.165, 1.54) is 17.3 Å². The Morgan fingerprint density at radius 2 is 1.96 bits per heavy atom. The van der Waals surface area contributed by atoms with Crippen molar-refractivity contribution in [1.29, 1.82) is 0 Å². The second-order valence-corrected chi connectivity index (χ2v) is 6.88. The molecule has 2 aromatic carbocycles. The molecule has 130 valence electrons. The van der Waals surface area contributed by atoms with Crippen molar-refractivity contribution in [2.24, 2.45) is 0 Å². The number of hydrogen-bond donors (Lipinski definition) is 2. The van der Waals surface area contributed by atoms with Gasteiger partial charge in [0, 0.05) is 28.2 Å². The van der Waals surface area contributed by atoms with E-state index in [0.717, 1.165) is 28.5 Å². The van der Waals surface area contributed by atoms with Crippen LogP contribution in [-0.2, 0) is 6.42 Å². The van der Waals surface area contributed by atoms with Gasteiger partial charge in [0.15, 0.2) is 11.6 Å². The number of carbonyl (C=O) groups excluding carboxylic acids is 1. The highest BCUT2D eigenvalue weighted by Gasteiger charge is 2.15. The lowest BCUT2D eigenvalue weighted by Gasteiger charge is -2.00. The van der Waals surface area contributed by atoms with Gasteiger partial charge in [0.1, 0.15) is 0 Å². The third-order valence-corrected chi connectivity index (χ3v) is 5.17. The van der Waals surface area contributed by atoms with E-state index in [2.05, 4.69) is 33.2 Å². The zero-order chi connectivity index (χ0) is 17.9. The minimum atomic E-state index is 0.0700. The van der Waals surface area contributed by atoms with Crippen molar-refractivity contribution in [3.63, 3.8) is 0 Å². The number of rotatable bonds is 6. The average molecular weight is 362 g/mol. The third kappa shape index (κ3) is 3.15. The molecule has 2 heterocycles. The summed E-state index contributed by atoms with van der Waals surface area (Å²) in [5, 5.41) is 8.68. The van der Waals surface area contributed by atoms with Gasteiger partial charge < -0.3 is 4.98 Å². The van der Waals surface area contributed by atoms with Crippen molar-refractivity contribution in [3.8, 4) is 11.4 Å². The quantitative estimate of drug-likeness (QED) is 0.391. The summed E-state index contributed by atoms with van der Waals surface area (Å²) in [4.78, 5) is 20.4. The van der Waals surface area contributed by atoms with Crippen molar-refractivity contribution < 1.29 is 4.79 Å². The maximum absolute atomic E-state index is 12.7. The van der Waals surface area contributed by atoms with E-state index < -0.39 is 0 Å². The number of aromatic nitrogens is 4. The molecule has 0 unspecified atom stereocenters. The fourth-order valence-electron chi connectivity index (χ4n) is 2.99. The molecule has 0 aliphatic rings. The van der Waals surface area contributed by atoms with E-state index in [9.17, 15) is 4.79 Å². The molecule has 0 fully saturated rings. The number of nitrogens with zero attached hydrogens (tertiary/aromatic N) is 2. The maximum Gasteiger partial charge on any atom is 0.209 e. The van der Waals surface area contributed by atoms with Gasteiger partial charge in [-0.2, -0.15) is 0 Å². The van der Waals surface area contributed by atoms with E-state index >= 15 is 0 Å². The number of carbonyl (C=O) groups is 1. The van der Waals surface area contributed by atoms with Crippen LogP contribution in [-0.4, -0.2) is 31.7 Å². The zero-order valence-corrected chi connectivity index (χ0v) is 15.1. The maximum atomic E-state index is 12.7. The highest BCUT2D eigenvalue weighted by molar-refractivity contribution is 7.99. The van der Waals surface area contributed by atoms with Crippen molar-refractivity contribution >= 4 is 28.4 Å². The predicted octanol–water partition coefficient (Wildman–Crippen LogP) is 4.49. The number of aromatic amines is 2. The molecule has 0 bridgehead atoms. The fraction of sp³-hybridized carbons (Fsp3) is 0.150. The standard InChI is InChI=1S/C20H18N4OS/c1-2-13-9-6-10-15-16(11-21-18(13)15)17(25)12-26-20-22-19(23-24-20)14-7-4-3-5-8-14/h3-11,21H,2,12H2,1H3,(H,22,23,24). The minimum Gasteiger partial charge on any atom is -0.360 e. The zero-order valence-electron chi connectivity index (χ0n) is 14.3. The molecule has 0 aliphatic heterocycles. The summed E-state index contributed by atoms with van der Waals surface area (Å²) in [6.07, 6.45) is 2.74. The molecule has 0 amide bonds. The Balaban J connectivity index is 1.49. The summed E-state index contributed by atoms with van der Waals surface area (Å²) in [5.41, 5.74) is 3.96. The van der Waals surface area contributed by atoms with Crippen LogP contribution in [0.3, 0.4) is 0 Å². The molecular weight excluding hydrogens is 344 g/mol. The van der Waals surface area contributed by atoms with Crippen molar-refractivity contribution in [2.75, 3.05) is 5.75 Å². The van der Waals surface area contributed by atoms with Crippen molar-refractivity contribution in [1.82, 2.24) is 20.2 Å². The first-order valence-corrected chi connectivity index (χ1v) is 9.47. The summed E-state index contributed by atoms with van der Waals surface area (Å²) in [6.45, 7) is 2.11. The van der Waals surface area contributed by atoms with Gasteiger partial charge in [-0.15, -0.1) is 5.10 Å². The molecule has 0 spiro atoms. The van der Waals surface area contributed by atoms with Gasteiger partial charge >= 0.3 is 0 Å². The minimum absolute atomic E-state index is 0.0700. The molecule has 0 saturated carbocycles. The van der Waals surface area contributed by atoms with Gasteiger partial charge in [-0.3, -0.25) is 9.89 Å². The number of nitrogens with one attached hydrogen (secondary N) is 2. The normalized spacial score (nSPS) is 11.1. The number of fused-ring (bicyclic) bond motifs is 1. The molecule has 6 heteroatoms. The number of aryl methyl sites for hydroxylation is 1. The smallest absolute Gasteiger partial charge is 0.209 e. The SMILES string of the molecule is CCc1cccc2c(C(=O)CSc3n[nH]c(-c4ccccc4)n3)c[nH]c12. The summed E-state index contributed by atoms with van der Waals surface area (Å²) in [5.74, 6) is 1.08. The Kier molecular flexibility index (Phi) is 4.58. The van der Waals surface area contributed by atoms with Gasteiger partial charge in [-0.05, 0) is 12.0 Å². The largest absolute Gasteiger partial charge is 0.360 e. The van der Waals surface area contributed by atoms with Crippen LogP contribution in [0.25, 0.3) is 22.3 Å². The summed E-state index contributed by atoms with van der Waals surface area (Å²) in [6, 6.07) is 15.9. The van der Waals surface area contributed by atoms with Crippen LogP contribution < -0.4 is 0 Å². The van der Waals surface area contributed by atoms with Gasteiger partial charge in [0.2, 0.25) is 5.16 Å². The first-order valence-electron chi connectivity index (χ1n) is 8.49. The lowest BCUT2D eigenvalue weighted by Crippen LogP contribution is -2.01. The molecule has 2 aromatic heterocycles. The van der Waals surface area contributed by atoms with Gasteiger partial charge in [-0.1, -0.05) is 67.2 Å². The molecule has 4 aromatic rings. The van der Waals surface area contributed by atoms with Crippen LogP contribution in [0.5, 0.6) is 0 Å². The molecule has 4 rings (SSSR count). The van der Waals surface area contributed by atoms with E-state index in [0.29, 0.717) is 16.7 Å². The fourth-order valence-corrected chi connectivity index (χ4v) is 3.67. The Morgan fingerprint density at radius 1 is 1.12 bits per heavy atom. The molecule has 0 radical (unpaired) electrons. The van der Waals surface area contributed by atoms with Crippen LogP contribution in [0.1, 0.15) is 22.8 Å². The van der Waals surface area contributed by atoms with Crippen molar-refractivity contribution in [2.45, 2.75) is 18.5 Å². The lowest BCUT2D eigenvalue weighted by molar-refractivity contribution is 0.102. The Hall–Kier alpha value is -2.86. The predicted molar refractivity (Wildman–Crippen MR) is 105 cm³/mol. The molecule has 0 aliphatic carbocycles. The monoisotopic (exact) mass is 362 g/mol. The third-order valence-electron chi connectivity index (χ3n) is 4.33. The summed E-state index contributed by atoms with van der Waals surface area (Å²) in [7, 11) is 0. The van der Waals surface area contributed by atoms with E-state index in [-0.39, 0.29) is 5.78 Å². The number of hydrogen-bond acceptors (Lipinski definition) is 4. The number of Topliss-reactive ketones (excluding diaryl/α,β-unsaturated/α-hetero) is 1. The molecular formula is C20H18N4OS. The van der Waals surface area contributed by atoms with E-state index in [1.54, 1.807) is 6.20 Å². The number of para-hydroxylation sites is 1. The van der Waals surface area contributed by atoms with E-state index in [4.69, 9.17) is 0 Å². The first-order chi connectivity index (χ1) is 12.8. The molecule has 26 heavy (non-hydrogen) atoms. The molecule has 2 N–H and O–H groups in total.